The zero-order valence-electron chi connectivity index (χ0n) is 24.9. The van der Waals surface area contributed by atoms with Gasteiger partial charge in [0.1, 0.15) is 18.1 Å². The zero-order chi connectivity index (χ0) is 32.1. The Morgan fingerprint density at radius 3 is 2.49 bits per heavy atom. The molecule has 0 amide bonds. The fraction of sp³-hybridized carbons (Fsp3) is 0.235. The van der Waals surface area contributed by atoms with Crippen LogP contribution in [0.1, 0.15) is 59.8 Å². The van der Waals surface area contributed by atoms with Crippen molar-refractivity contribution in [2.24, 2.45) is 4.99 Å². The number of thiazole rings is 1. The summed E-state index contributed by atoms with van der Waals surface area (Å²) in [6.07, 6.45) is 3.05. The number of carbonyl (C=O) groups excluding carboxylic acids is 1. The number of aromatic nitrogens is 1. The van der Waals surface area contributed by atoms with E-state index in [9.17, 15) is 14.4 Å². The molecule has 2 heterocycles. The number of hydrogen-bond acceptors (Lipinski definition) is 8. The van der Waals surface area contributed by atoms with Gasteiger partial charge in [-0.2, -0.15) is 0 Å². The van der Waals surface area contributed by atoms with Crippen LogP contribution in [0.3, 0.4) is 0 Å². The first-order valence-electron chi connectivity index (χ1n) is 14.3. The largest absolute Gasteiger partial charge is 0.496 e. The van der Waals surface area contributed by atoms with Crippen molar-refractivity contribution in [3.8, 4) is 11.5 Å². The Morgan fingerprint density at radius 1 is 1.07 bits per heavy atom. The summed E-state index contributed by atoms with van der Waals surface area (Å²) in [5.74, 6) is -0.324. The molecule has 1 aliphatic heterocycles. The zero-order valence-corrected chi connectivity index (χ0v) is 27.3. The van der Waals surface area contributed by atoms with E-state index in [4.69, 9.17) is 24.3 Å². The molecule has 0 bridgehead atoms. The van der Waals surface area contributed by atoms with Gasteiger partial charge in [-0.25, -0.2) is 14.6 Å². The van der Waals surface area contributed by atoms with Gasteiger partial charge >= 0.3 is 11.9 Å². The number of aromatic carboxylic acids is 1. The van der Waals surface area contributed by atoms with Gasteiger partial charge in [0.15, 0.2) is 4.80 Å². The standard InChI is InChI=1S/C34H31BrN2O7S/c1-4-8-25-29(33(41)43-5-2)30(23-15-16-27(42-3)24(35)17-23)37-31(38)28(45-34(37)36-25)18-22-9-6-7-10-26(22)44-19-20-11-13-21(14-12-20)32(39)40/h6-7,9-18,30H,4-5,8,19H2,1-3H3,(H,39,40)/b28-18-/t30-/m1/s1. The SMILES string of the molecule is CCCC1=C(C(=O)OCC)[C@@H](c2ccc(OC)c(Br)c2)n2c(s/c(=C\c3ccccc3OCc3ccc(C(=O)O)cc3)c2=O)=N1. The first-order valence-corrected chi connectivity index (χ1v) is 16.0. The number of carboxylic acid groups (broad SMARTS) is 1. The van der Waals surface area contributed by atoms with E-state index < -0.39 is 18.0 Å². The van der Waals surface area contributed by atoms with Crippen LogP contribution in [0, 0.1) is 0 Å². The van der Waals surface area contributed by atoms with Gasteiger partial charge < -0.3 is 19.3 Å². The smallest absolute Gasteiger partial charge is 0.338 e. The summed E-state index contributed by atoms with van der Waals surface area (Å²) in [5.41, 5.74) is 3.03. The molecular weight excluding hydrogens is 660 g/mol. The first kappa shape index (κ1) is 31.9. The average Bonchev–Trinajstić information content (AvgIpc) is 3.34. The number of methoxy groups -OCH3 is 1. The summed E-state index contributed by atoms with van der Waals surface area (Å²) in [4.78, 5) is 44.1. The topological polar surface area (TPSA) is 116 Å². The second-order valence-electron chi connectivity index (χ2n) is 10.1. The Morgan fingerprint density at radius 2 is 1.82 bits per heavy atom. The van der Waals surface area contributed by atoms with E-state index in [1.165, 1.54) is 23.5 Å². The third kappa shape index (κ3) is 6.79. The van der Waals surface area contributed by atoms with Gasteiger partial charge in [0, 0.05) is 5.56 Å². The van der Waals surface area contributed by atoms with Crippen LogP contribution in [-0.4, -0.2) is 35.3 Å². The molecule has 1 aliphatic rings. The van der Waals surface area contributed by atoms with Crippen molar-refractivity contribution in [2.45, 2.75) is 39.3 Å². The number of ether oxygens (including phenoxy) is 3. The quantitative estimate of drug-likeness (QED) is 0.203. The molecule has 1 N–H and O–H groups in total. The molecule has 0 unspecified atom stereocenters. The number of allylic oxidation sites excluding steroid dienone is 1. The van der Waals surface area contributed by atoms with Gasteiger partial charge in [-0.15, -0.1) is 0 Å². The molecule has 1 atom stereocenters. The second kappa shape index (κ2) is 14.1. The van der Waals surface area contributed by atoms with E-state index in [0.717, 1.165) is 12.0 Å². The number of esters is 1. The highest BCUT2D eigenvalue weighted by Crippen LogP contribution is 2.36. The number of para-hydroxylation sites is 1. The van der Waals surface area contributed by atoms with Gasteiger partial charge in [0.25, 0.3) is 5.56 Å². The highest BCUT2D eigenvalue weighted by atomic mass is 79.9. The molecule has 0 spiro atoms. The maximum absolute atomic E-state index is 14.2. The molecule has 5 rings (SSSR count). The first-order chi connectivity index (χ1) is 21.7. The molecular formula is C34H31BrN2O7S. The van der Waals surface area contributed by atoms with Crippen molar-refractivity contribution >= 4 is 45.3 Å². The van der Waals surface area contributed by atoms with Crippen LogP contribution in [0.25, 0.3) is 6.08 Å². The Balaban J connectivity index is 1.61. The van der Waals surface area contributed by atoms with Crippen LogP contribution in [0.15, 0.2) is 92.3 Å². The molecule has 0 radical (unpaired) electrons. The van der Waals surface area contributed by atoms with Crippen molar-refractivity contribution in [1.82, 2.24) is 4.57 Å². The highest BCUT2D eigenvalue weighted by molar-refractivity contribution is 9.10. The average molecular weight is 692 g/mol. The number of carboxylic acids is 1. The fourth-order valence-electron chi connectivity index (χ4n) is 5.07. The molecule has 232 valence electrons. The predicted molar refractivity (Wildman–Crippen MR) is 175 cm³/mol. The van der Waals surface area contributed by atoms with Crippen LogP contribution in [0.4, 0.5) is 0 Å². The molecule has 0 saturated heterocycles. The van der Waals surface area contributed by atoms with Gasteiger partial charge in [-0.05, 0) is 76.8 Å². The van der Waals surface area contributed by atoms with Crippen LogP contribution in [-0.2, 0) is 16.1 Å². The molecule has 0 saturated carbocycles. The van der Waals surface area contributed by atoms with Gasteiger partial charge in [0.05, 0.1) is 45.6 Å². The van der Waals surface area contributed by atoms with Crippen LogP contribution < -0.4 is 24.4 Å². The second-order valence-corrected chi connectivity index (χ2v) is 12.0. The number of fused-ring (bicyclic) bond motifs is 1. The summed E-state index contributed by atoms with van der Waals surface area (Å²) in [6.45, 7) is 4.15. The summed E-state index contributed by atoms with van der Waals surface area (Å²) in [5, 5.41) is 9.16. The van der Waals surface area contributed by atoms with E-state index in [1.807, 2.05) is 43.3 Å². The molecule has 0 aliphatic carbocycles. The third-order valence-corrected chi connectivity index (χ3v) is 8.79. The van der Waals surface area contributed by atoms with E-state index in [0.29, 0.717) is 54.1 Å². The molecule has 1 aromatic heterocycles. The monoisotopic (exact) mass is 690 g/mol. The lowest BCUT2D eigenvalue weighted by atomic mass is 9.94. The van der Waals surface area contributed by atoms with E-state index in [-0.39, 0.29) is 24.3 Å². The molecule has 45 heavy (non-hydrogen) atoms. The summed E-state index contributed by atoms with van der Waals surface area (Å²) >= 11 is 4.80. The van der Waals surface area contributed by atoms with Crippen molar-refractivity contribution in [3.63, 3.8) is 0 Å². The van der Waals surface area contributed by atoms with Gasteiger partial charge in [0.2, 0.25) is 0 Å². The molecule has 3 aromatic carbocycles. The van der Waals surface area contributed by atoms with Crippen molar-refractivity contribution in [1.29, 1.82) is 0 Å². The minimum Gasteiger partial charge on any atom is -0.496 e. The summed E-state index contributed by atoms with van der Waals surface area (Å²) in [7, 11) is 1.57. The molecule has 4 aromatic rings. The van der Waals surface area contributed by atoms with Crippen LogP contribution >= 0.6 is 27.3 Å². The number of halogens is 1. The third-order valence-electron chi connectivity index (χ3n) is 7.18. The number of carbonyl (C=O) groups is 2. The lowest BCUT2D eigenvalue weighted by molar-refractivity contribution is -0.139. The highest BCUT2D eigenvalue weighted by Gasteiger charge is 2.34. The van der Waals surface area contributed by atoms with Crippen LogP contribution in [0.5, 0.6) is 11.5 Å². The predicted octanol–water partition coefficient (Wildman–Crippen LogP) is 5.63. The summed E-state index contributed by atoms with van der Waals surface area (Å²) in [6, 6.07) is 18.5. The van der Waals surface area contributed by atoms with Gasteiger partial charge in [-0.1, -0.05) is 61.1 Å². The Kier molecular flexibility index (Phi) is 9.99. The molecule has 11 heteroatoms. The maximum atomic E-state index is 14.2. The minimum absolute atomic E-state index is 0.186. The Labute approximate surface area is 271 Å². The van der Waals surface area contributed by atoms with E-state index >= 15 is 0 Å². The van der Waals surface area contributed by atoms with Gasteiger partial charge in [-0.3, -0.25) is 9.36 Å². The number of hydrogen-bond donors (Lipinski definition) is 1. The number of benzene rings is 3. The van der Waals surface area contributed by atoms with E-state index in [1.54, 1.807) is 42.9 Å². The Bertz CT molecular complexity index is 1960. The fourth-order valence-corrected chi connectivity index (χ4v) is 6.64. The number of rotatable bonds is 11. The van der Waals surface area contributed by atoms with Crippen molar-refractivity contribution in [3.05, 3.63) is 124 Å². The Hall–Kier alpha value is -4.48. The van der Waals surface area contributed by atoms with Crippen LogP contribution in [0.2, 0.25) is 0 Å². The maximum Gasteiger partial charge on any atom is 0.338 e. The van der Waals surface area contributed by atoms with E-state index in [2.05, 4.69) is 15.9 Å². The lowest BCUT2D eigenvalue weighted by Crippen LogP contribution is -2.40. The number of nitrogens with zero attached hydrogens (tertiary/aromatic N) is 2. The molecule has 9 nitrogen and oxygen atoms in total. The normalized spacial score (nSPS) is 14.5. The lowest BCUT2D eigenvalue weighted by Gasteiger charge is -2.26. The van der Waals surface area contributed by atoms with Crippen molar-refractivity contribution < 1.29 is 28.9 Å². The molecule has 0 fully saturated rings. The minimum atomic E-state index is -0.993. The summed E-state index contributed by atoms with van der Waals surface area (Å²) < 4.78 is 19.7. The van der Waals surface area contributed by atoms with Crippen molar-refractivity contribution in [2.75, 3.05) is 13.7 Å².